The average Bonchev–Trinajstić information content (AvgIpc) is 2.11. The first-order valence-electron chi connectivity index (χ1n) is 4.37. The van der Waals surface area contributed by atoms with Crippen LogP contribution < -0.4 is 5.73 Å². The summed E-state index contributed by atoms with van der Waals surface area (Å²) in [5, 5.41) is 0. The lowest BCUT2D eigenvalue weighted by molar-refractivity contribution is 0.297. The number of rotatable bonds is 3. The zero-order valence-corrected chi connectivity index (χ0v) is 8.30. The van der Waals surface area contributed by atoms with E-state index in [1.807, 2.05) is 0 Å². The predicted octanol–water partition coefficient (Wildman–Crippen LogP) is 1.53. The van der Waals surface area contributed by atoms with Crippen molar-refractivity contribution in [1.29, 1.82) is 0 Å². The lowest BCUT2D eigenvalue weighted by Crippen LogP contribution is -2.28. The zero-order valence-electron chi connectivity index (χ0n) is 8.30. The molecule has 0 unspecified atom stereocenters. The first-order valence-corrected chi connectivity index (χ1v) is 4.37. The maximum atomic E-state index is 13.3. The van der Waals surface area contributed by atoms with E-state index in [9.17, 15) is 8.78 Å². The fraction of sp³-hybridized carbons (Fsp3) is 0.400. The van der Waals surface area contributed by atoms with Crippen LogP contribution in [-0.4, -0.2) is 25.5 Å². The van der Waals surface area contributed by atoms with Gasteiger partial charge in [-0.2, -0.15) is 0 Å². The quantitative estimate of drug-likeness (QED) is 0.801. The van der Waals surface area contributed by atoms with Crippen molar-refractivity contribution in [1.82, 2.24) is 4.90 Å². The third-order valence-electron chi connectivity index (χ3n) is 2.16. The third kappa shape index (κ3) is 2.27. The molecule has 1 aromatic carbocycles. The van der Waals surface area contributed by atoms with Crippen molar-refractivity contribution in [2.45, 2.75) is 6.04 Å². The van der Waals surface area contributed by atoms with Gasteiger partial charge in [-0.25, -0.2) is 8.78 Å². The van der Waals surface area contributed by atoms with Crippen molar-refractivity contribution >= 4 is 0 Å². The molecule has 0 spiro atoms. The molecule has 4 heteroatoms. The van der Waals surface area contributed by atoms with Gasteiger partial charge in [0.25, 0.3) is 0 Å². The second-order valence-corrected chi connectivity index (χ2v) is 3.38. The van der Waals surface area contributed by atoms with Crippen molar-refractivity contribution in [3.63, 3.8) is 0 Å². The molecule has 0 bridgehead atoms. The minimum absolute atomic E-state index is 0.257. The highest BCUT2D eigenvalue weighted by Crippen LogP contribution is 2.21. The van der Waals surface area contributed by atoms with Gasteiger partial charge in [-0.05, 0) is 32.3 Å². The standard InChI is InChI=1S/C10H14F2N2/c1-14(2)10(6-13)8-5-7(11)3-4-9(8)12/h3-5,10H,6,13H2,1-2H3/t10-/m1/s1. The summed E-state index contributed by atoms with van der Waals surface area (Å²) in [6.07, 6.45) is 0. The van der Waals surface area contributed by atoms with Gasteiger partial charge in [-0.3, -0.25) is 0 Å². The maximum Gasteiger partial charge on any atom is 0.128 e. The van der Waals surface area contributed by atoms with E-state index < -0.39 is 11.6 Å². The fourth-order valence-corrected chi connectivity index (χ4v) is 1.39. The van der Waals surface area contributed by atoms with E-state index in [1.165, 1.54) is 6.07 Å². The summed E-state index contributed by atoms with van der Waals surface area (Å²) in [5.41, 5.74) is 5.80. The highest BCUT2D eigenvalue weighted by Gasteiger charge is 2.16. The van der Waals surface area contributed by atoms with Gasteiger partial charge >= 0.3 is 0 Å². The normalized spacial score (nSPS) is 13.3. The van der Waals surface area contributed by atoms with Crippen LogP contribution in [0.5, 0.6) is 0 Å². The Bertz CT molecular complexity index is 313. The summed E-state index contributed by atoms with van der Waals surface area (Å²) in [6, 6.07) is 3.12. The third-order valence-corrected chi connectivity index (χ3v) is 2.16. The molecular weight excluding hydrogens is 186 g/mol. The molecule has 0 heterocycles. The topological polar surface area (TPSA) is 29.3 Å². The molecule has 1 rings (SSSR count). The first-order chi connectivity index (χ1) is 6.56. The summed E-state index contributed by atoms with van der Waals surface area (Å²) in [5.74, 6) is -0.864. The largest absolute Gasteiger partial charge is 0.329 e. The molecule has 0 aliphatic heterocycles. The minimum atomic E-state index is -0.443. The predicted molar refractivity (Wildman–Crippen MR) is 51.8 cm³/mol. The molecule has 0 amide bonds. The van der Waals surface area contributed by atoms with Crippen molar-refractivity contribution < 1.29 is 8.78 Å². The summed E-state index contributed by atoms with van der Waals surface area (Å²) < 4.78 is 26.2. The Morgan fingerprint density at radius 3 is 2.50 bits per heavy atom. The molecule has 0 saturated heterocycles. The van der Waals surface area contributed by atoms with Crippen LogP contribution in [0.15, 0.2) is 18.2 Å². The van der Waals surface area contributed by atoms with Crippen LogP contribution in [0.25, 0.3) is 0 Å². The van der Waals surface area contributed by atoms with Crippen LogP contribution in [0.3, 0.4) is 0 Å². The number of halogens is 2. The number of benzene rings is 1. The van der Waals surface area contributed by atoms with E-state index in [-0.39, 0.29) is 12.6 Å². The summed E-state index contributed by atoms with van der Waals surface area (Å²) >= 11 is 0. The second kappa shape index (κ2) is 4.48. The van der Waals surface area contributed by atoms with Gasteiger partial charge < -0.3 is 10.6 Å². The molecule has 0 aliphatic rings. The Morgan fingerprint density at radius 1 is 1.36 bits per heavy atom. The monoisotopic (exact) mass is 200 g/mol. The summed E-state index contributed by atoms with van der Waals surface area (Å²) in [7, 11) is 3.56. The van der Waals surface area contributed by atoms with Crippen LogP contribution >= 0.6 is 0 Å². The summed E-state index contributed by atoms with van der Waals surface area (Å²) in [4.78, 5) is 1.76. The molecule has 0 radical (unpaired) electrons. The Balaban J connectivity index is 3.08. The number of nitrogens with zero attached hydrogens (tertiary/aromatic N) is 1. The van der Waals surface area contributed by atoms with Crippen molar-refractivity contribution in [2.24, 2.45) is 5.73 Å². The van der Waals surface area contributed by atoms with E-state index in [1.54, 1.807) is 19.0 Å². The molecule has 1 aromatic rings. The van der Waals surface area contributed by atoms with Crippen LogP contribution in [0.2, 0.25) is 0 Å². The van der Waals surface area contributed by atoms with Gasteiger partial charge in [0.15, 0.2) is 0 Å². The van der Waals surface area contributed by atoms with Crippen LogP contribution in [-0.2, 0) is 0 Å². The van der Waals surface area contributed by atoms with Gasteiger partial charge in [0.05, 0.1) is 0 Å². The Morgan fingerprint density at radius 2 is 2.00 bits per heavy atom. The second-order valence-electron chi connectivity index (χ2n) is 3.38. The Labute approximate surface area is 82.3 Å². The fourth-order valence-electron chi connectivity index (χ4n) is 1.39. The first kappa shape index (κ1) is 11.1. The SMILES string of the molecule is CN(C)[C@H](CN)c1cc(F)ccc1F. The van der Waals surface area contributed by atoms with E-state index in [0.717, 1.165) is 12.1 Å². The van der Waals surface area contributed by atoms with Gasteiger partial charge in [-0.15, -0.1) is 0 Å². The number of hydrogen-bond acceptors (Lipinski definition) is 2. The molecule has 0 fully saturated rings. The van der Waals surface area contributed by atoms with Gasteiger partial charge in [-0.1, -0.05) is 0 Å². The van der Waals surface area contributed by atoms with Gasteiger partial charge in [0.2, 0.25) is 0 Å². The molecule has 0 aromatic heterocycles. The molecule has 78 valence electrons. The van der Waals surface area contributed by atoms with Gasteiger partial charge in [0, 0.05) is 18.2 Å². The molecule has 14 heavy (non-hydrogen) atoms. The zero-order chi connectivity index (χ0) is 10.7. The van der Waals surface area contributed by atoms with Crippen LogP contribution in [0.4, 0.5) is 8.78 Å². The number of nitrogens with two attached hydrogens (primary N) is 1. The Hall–Kier alpha value is -1.00. The van der Waals surface area contributed by atoms with Crippen molar-refractivity contribution in [3.8, 4) is 0 Å². The summed E-state index contributed by atoms with van der Waals surface area (Å²) in [6.45, 7) is 0.257. The number of hydrogen-bond donors (Lipinski definition) is 1. The number of likely N-dealkylation sites (N-methyl/N-ethyl adjacent to an activating group) is 1. The highest BCUT2D eigenvalue weighted by molar-refractivity contribution is 5.22. The van der Waals surface area contributed by atoms with Gasteiger partial charge in [0.1, 0.15) is 11.6 Å². The molecule has 0 saturated carbocycles. The average molecular weight is 200 g/mol. The minimum Gasteiger partial charge on any atom is -0.329 e. The molecular formula is C10H14F2N2. The lowest BCUT2D eigenvalue weighted by atomic mass is 10.1. The smallest absolute Gasteiger partial charge is 0.128 e. The highest BCUT2D eigenvalue weighted by atomic mass is 19.1. The maximum absolute atomic E-state index is 13.3. The van der Waals surface area contributed by atoms with E-state index in [4.69, 9.17) is 5.73 Å². The molecule has 0 aliphatic carbocycles. The van der Waals surface area contributed by atoms with Crippen molar-refractivity contribution in [2.75, 3.05) is 20.6 Å². The Kier molecular flexibility index (Phi) is 3.55. The molecule has 1 atom stereocenters. The van der Waals surface area contributed by atoms with E-state index in [2.05, 4.69) is 0 Å². The van der Waals surface area contributed by atoms with Crippen molar-refractivity contribution in [3.05, 3.63) is 35.4 Å². The molecule has 2 nitrogen and oxygen atoms in total. The van der Waals surface area contributed by atoms with E-state index >= 15 is 0 Å². The van der Waals surface area contributed by atoms with E-state index in [0.29, 0.717) is 5.56 Å². The van der Waals surface area contributed by atoms with Crippen LogP contribution in [0, 0.1) is 11.6 Å². The molecule has 2 N–H and O–H groups in total. The lowest BCUT2D eigenvalue weighted by Gasteiger charge is -2.23. The van der Waals surface area contributed by atoms with Crippen LogP contribution in [0.1, 0.15) is 11.6 Å².